The molecule has 0 fully saturated rings. The third-order valence-corrected chi connectivity index (χ3v) is 12.2. The van der Waals surface area contributed by atoms with E-state index in [2.05, 4.69) is 46.9 Å². The van der Waals surface area contributed by atoms with Gasteiger partial charge >= 0.3 is 0 Å². The van der Waals surface area contributed by atoms with E-state index in [1.165, 1.54) is 6.92 Å². The van der Waals surface area contributed by atoms with E-state index in [4.69, 9.17) is 28.7 Å². The van der Waals surface area contributed by atoms with Crippen LogP contribution in [0.25, 0.3) is 21.8 Å². The molecule has 5 aromatic rings. The SMILES string of the molecule is CC(=O)N[C@H](CCCN=C(N)N)C(=O)N[C@H](CCCCN)C(=O)N[C@H](CCCCN)C(=O)N[C@H](Cc1c[nH]c2ccccc12)C(=O)N[C@H](Cc1ccccc1)C(=O)N[C@H](Cc1c[nH]c2ccccc12)C(N)=O. The van der Waals surface area contributed by atoms with E-state index in [9.17, 15) is 33.6 Å². The summed E-state index contributed by atoms with van der Waals surface area (Å²) in [6.07, 6.45) is 6.21. The Morgan fingerprint density at radius 3 is 1.36 bits per heavy atom. The predicted octanol–water partition coefficient (Wildman–Crippen LogP) is 0.403. The zero-order valence-corrected chi connectivity index (χ0v) is 40.7. The van der Waals surface area contributed by atoms with Gasteiger partial charge in [0.2, 0.25) is 41.4 Å². The van der Waals surface area contributed by atoms with Crippen molar-refractivity contribution >= 4 is 69.1 Å². The molecule has 5 rings (SSSR count). The molecule has 0 aliphatic carbocycles. The van der Waals surface area contributed by atoms with Crippen molar-refractivity contribution in [1.29, 1.82) is 0 Å². The van der Waals surface area contributed by atoms with Gasteiger partial charge in [0, 0.05) is 66.9 Å². The number of nitrogens with two attached hydrogens (primary N) is 5. The Morgan fingerprint density at radius 2 is 0.889 bits per heavy atom. The lowest BCUT2D eigenvalue weighted by Gasteiger charge is -2.28. The van der Waals surface area contributed by atoms with Crippen LogP contribution in [0.5, 0.6) is 0 Å². The van der Waals surface area contributed by atoms with E-state index in [-0.39, 0.29) is 51.0 Å². The topological polar surface area (TPSA) is 366 Å². The van der Waals surface area contributed by atoms with Crippen molar-refractivity contribution in [2.24, 2.45) is 33.7 Å². The van der Waals surface area contributed by atoms with E-state index < -0.39 is 77.6 Å². The largest absolute Gasteiger partial charge is 0.370 e. The number of para-hydroxylation sites is 2. The van der Waals surface area contributed by atoms with Crippen molar-refractivity contribution in [3.63, 3.8) is 0 Å². The number of hydrogen-bond acceptors (Lipinski definition) is 10. The fourth-order valence-electron chi connectivity index (χ4n) is 8.43. The van der Waals surface area contributed by atoms with Gasteiger partial charge in [-0.05, 0) is 93.3 Å². The molecule has 0 bridgehead atoms. The monoisotopic (exact) mass is 991 g/mol. The average Bonchev–Trinajstić information content (AvgIpc) is 3.97. The number of carbonyl (C=O) groups is 7. The molecule has 3 aromatic carbocycles. The summed E-state index contributed by atoms with van der Waals surface area (Å²) in [5, 5.41) is 18.4. The van der Waals surface area contributed by atoms with Crippen molar-refractivity contribution < 1.29 is 33.6 Å². The molecule has 0 unspecified atom stereocenters. The van der Waals surface area contributed by atoms with Gasteiger partial charge in [-0.1, -0.05) is 66.7 Å². The average molecular weight is 991 g/mol. The van der Waals surface area contributed by atoms with Crippen molar-refractivity contribution in [3.8, 4) is 0 Å². The molecule has 0 spiro atoms. The van der Waals surface area contributed by atoms with E-state index in [1.807, 2.05) is 54.6 Å². The molecule has 18 N–H and O–H groups in total. The van der Waals surface area contributed by atoms with Crippen LogP contribution in [0.2, 0.25) is 0 Å². The molecule has 0 radical (unpaired) electrons. The normalized spacial score (nSPS) is 13.7. The molecule has 2 heterocycles. The van der Waals surface area contributed by atoms with Gasteiger partial charge in [-0.2, -0.15) is 0 Å². The third kappa shape index (κ3) is 17.0. The van der Waals surface area contributed by atoms with Gasteiger partial charge in [-0.15, -0.1) is 0 Å². The fourth-order valence-corrected chi connectivity index (χ4v) is 8.43. The summed E-state index contributed by atoms with van der Waals surface area (Å²) in [7, 11) is 0. The second-order valence-electron chi connectivity index (χ2n) is 17.8. The zero-order chi connectivity index (χ0) is 52.0. The van der Waals surface area contributed by atoms with Crippen molar-refractivity contribution in [1.82, 2.24) is 41.9 Å². The number of fused-ring (bicyclic) bond motifs is 2. The molecule has 0 saturated heterocycles. The minimum absolute atomic E-state index is 0.0127. The summed E-state index contributed by atoms with van der Waals surface area (Å²) in [6, 6.07) is 16.8. The number of rotatable bonds is 30. The molecular formula is C51H70N14O7. The number of H-pyrrole nitrogens is 2. The summed E-state index contributed by atoms with van der Waals surface area (Å²) in [6.45, 7) is 2.11. The van der Waals surface area contributed by atoms with Crippen LogP contribution >= 0.6 is 0 Å². The smallest absolute Gasteiger partial charge is 0.243 e. The first-order valence-electron chi connectivity index (χ1n) is 24.3. The van der Waals surface area contributed by atoms with E-state index in [0.717, 1.165) is 27.4 Å². The molecule has 386 valence electrons. The second-order valence-corrected chi connectivity index (χ2v) is 17.8. The third-order valence-electron chi connectivity index (χ3n) is 12.2. The van der Waals surface area contributed by atoms with Crippen LogP contribution in [0.4, 0.5) is 0 Å². The van der Waals surface area contributed by atoms with Gasteiger partial charge < -0.3 is 70.5 Å². The molecule has 72 heavy (non-hydrogen) atoms. The van der Waals surface area contributed by atoms with Crippen LogP contribution in [0.15, 0.2) is 96.2 Å². The lowest BCUT2D eigenvalue weighted by atomic mass is 10.00. The van der Waals surface area contributed by atoms with Gasteiger partial charge in [0.25, 0.3) is 0 Å². The quantitative estimate of drug-likeness (QED) is 0.0170. The van der Waals surface area contributed by atoms with Crippen molar-refractivity contribution in [2.45, 2.75) is 114 Å². The minimum atomic E-state index is -1.31. The number of nitrogens with one attached hydrogen (secondary N) is 8. The Hall–Kier alpha value is -7.78. The Morgan fingerprint density at radius 1 is 0.486 bits per heavy atom. The number of primary amides is 1. The summed E-state index contributed by atoms with van der Waals surface area (Å²) in [5.41, 5.74) is 32.2. The molecule has 6 atom stereocenters. The first kappa shape index (κ1) is 55.2. The van der Waals surface area contributed by atoms with Crippen LogP contribution in [-0.4, -0.2) is 113 Å². The standard InChI is InChI=1S/C51H70N14O7/c1-31(66)60-39(22-13-25-57-51(55)56)46(68)61-40(20-9-11-23-52)47(69)62-41(21-10-12-24-53)48(70)65-44(28-34-30-59-38-19-8-6-17-36(34)38)50(72)64-43(26-32-14-3-2-4-15-32)49(71)63-42(45(54)67)27-33-29-58-37-18-7-5-16-35(33)37/h2-8,14-19,29-30,39-44,58-59H,9-13,20-28,52-53H2,1H3,(H2,54,67)(H,60,66)(H,61,68)(H,62,69)(H,63,71)(H,64,72)(H,65,70)(H4,55,56,57)/t39-,40-,41-,42-,43-,44-/m1/s1. The maximum Gasteiger partial charge on any atom is 0.243 e. The number of aliphatic imine (C=N–C) groups is 1. The highest BCUT2D eigenvalue weighted by Gasteiger charge is 2.34. The molecular weight excluding hydrogens is 921 g/mol. The van der Waals surface area contributed by atoms with E-state index in [0.29, 0.717) is 56.3 Å². The lowest BCUT2D eigenvalue weighted by Crippen LogP contribution is -2.60. The van der Waals surface area contributed by atoms with Crippen LogP contribution in [0, 0.1) is 0 Å². The predicted molar refractivity (Wildman–Crippen MR) is 276 cm³/mol. The summed E-state index contributed by atoms with van der Waals surface area (Å²) in [4.78, 5) is 107. The number of nitrogens with zero attached hydrogens (tertiary/aromatic N) is 1. The number of aromatic nitrogens is 2. The molecule has 0 aliphatic heterocycles. The molecule has 7 amide bonds. The maximum atomic E-state index is 14.8. The van der Waals surface area contributed by atoms with Gasteiger partial charge in [0.1, 0.15) is 36.3 Å². The maximum absolute atomic E-state index is 14.8. The number of unbranched alkanes of at least 4 members (excludes halogenated alkanes) is 2. The highest BCUT2D eigenvalue weighted by molar-refractivity contribution is 5.98. The Labute approximate surface area is 418 Å². The van der Waals surface area contributed by atoms with E-state index >= 15 is 0 Å². The molecule has 2 aromatic heterocycles. The van der Waals surface area contributed by atoms with E-state index in [1.54, 1.807) is 36.7 Å². The molecule has 21 nitrogen and oxygen atoms in total. The van der Waals surface area contributed by atoms with Crippen molar-refractivity contribution in [3.05, 3.63) is 108 Å². The van der Waals surface area contributed by atoms with Gasteiger partial charge in [0.15, 0.2) is 5.96 Å². The first-order valence-corrected chi connectivity index (χ1v) is 24.3. The number of hydrogen-bond donors (Lipinski definition) is 13. The number of guanidine groups is 1. The van der Waals surface area contributed by atoms with Crippen LogP contribution < -0.4 is 60.6 Å². The molecule has 0 saturated carbocycles. The summed E-state index contributed by atoms with van der Waals surface area (Å²) < 4.78 is 0. The highest BCUT2D eigenvalue weighted by atomic mass is 16.2. The Bertz CT molecular complexity index is 2630. The zero-order valence-electron chi connectivity index (χ0n) is 40.7. The van der Waals surface area contributed by atoms with Gasteiger partial charge in [0.05, 0.1) is 0 Å². The molecule has 21 heteroatoms. The fraction of sp³-hybridized carbons (Fsp3) is 0.412. The van der Waals surface area contributed by atoms with Crippen molar-refractivity contribution in [2.75, 3.05) is 19.6 Å². The second kappa shape index (κ2) is 28.2. The van der Waals surface area contributed by atoms with Gasteiger partial charge in [-0.3, -0.25) is 38.6 Å². The van der Waals surface area contributed by atoms with Crippen LogP contribution in [0.1, 0.15) is 75.0 Å². The first-order chi connectivity index (χ1) is 34.7. The Kier molecular flexibility index (Phi) is 21.6. The molecule has 0 aliphatic rings. The summed E-state index contributed by atoms with van der Waals surface area (Å²) in [5.74, 6) is -4.78. The minimum Gasteiger partial charge on any atom is -0.370 e. The highest BCUT2D eigenvalue weighted by Crippen LogP contribution is 2.21. The number of benzene rings is 3. The summed E-state index contributed by atoms with van der Waals surface area (Å²) >= 11 is 0. The lowest BCUT2D eigenvalue weighted by molar-refractivity contribution is -0.135. The number of amides is 7. The van der Waals surface area contributed by atoms with Crippen LogP contribution in [0.3, 0.4) is 0 Å². The Balaban J connectivity index is 1.42. The van der Waals surface area contributed by atoms with Crippen LogP contribution in [-0.2, 0) is 52.8 Å². The van der Waals surface area contributed by atoms with Gasteiger partial charge in [-0.25, -0.2) is 0 Å². The number of aromatic amines is 2. The number of carbonyl (C=O) groups excluding carboxylic acids is 7.